The molecule has 0 N–H and O–H groups in total. The van der Waals surface area contributed by atoms with Crippen LogP contribution in [0.1, 0.15) is 51.0 Å². The van der Waals surface area contributed by atoms with E-state index in [-0.39, 0.29) is 0 Å². The highest BCUT2D eigenvalue weighted by Gasteiger charge is 2.74. The first-order valence-electron chi connectivity index (χ1n) is 17.8. The molecule has 7 fully saturated rings. The Morgan fingerprint density at radius 2 is 0.891 bits per heavy atom. The van der Waals surface area contributed by atoms with Crippen LogP contribution in [0.2, 0.25) is 0 Å². The van der Waals surface area contributed by atoms with Crippen LogP contribution in [0.15, 0.2) is 133 Å². The zero-order chi connectivity index (χ0) is 30.5. The molecule has 0 aromatic heterocycles. The minimum absolute atomic E-state index is 0.384. The summed E-state index contributed by atoms with van der Waals surface area (Å²) in [6.45, 7) is 2.74. The third kappa shape index (κ3) is 3.75. The minimum atomic E-state index is 0.384. The molecule has 5 aromatic carbocycles. The monoisotopic (exact) mass is 597 g/mol. The van der Waals surface area contributed by atoms with Crippen molar-refractivity contribution in [2.24, 2.45) is 40.9 Å². The Hall–Kier alpha value is -4.10. The molecular formula is C45H43N. The molecule has 8 atom stereocenters. The average molecular weight is 598 g/mol. The first-order chi connectivity index (χ1) is 22.6. The van der Waals surface area contributed by atoms with Crippen LogP contribution in [0, 0.1) is 40.9 Å². The second kappa shape index (κ2) is 9.95. The van der Waals surface area contributed by atoms with Crippen molar-refractivity contribution < 1.29 is 0 Å². The van der Waals surface area contributed by atoms with Crippen LogP contribution < -0.4 is 4.90 Å². The Bertz CT molecular complexity index is 1790. The summed E-state index contributed by atoms with van der Waals surface area (Å²) in [5, 5.41) is 0. The Labute approximate surface area is 274 Å². The Morgan fingerprint density at radius 1 is 0.457 bits per heavy atom. The Balaban J connectivity index is 1.05. The lowest BCUT2D eigenvalue weighted by atomic mass is 9.25. The minimum Gasteiger partial charge on any atom is -0.311 e. The predicted molar refractivity (Wildman–Crippen MR) is 190 cm³/mol. The Morgan fingerprint density at radius 3 is 1.43 bits per heavy atom. The lowest BCUT2D eigenvalue weighted by molar-refractivity contribution is -0.266. The summed E-state index contributed by atoms with van der Waals surface area (Å²) >= 11 is 0. The summed E-state index contributed by atoms with van der Waals surface area (Å²) in [4.78, 5) is 2.45. The third-order valence-corrected chi connectivity index (χ3v) is 13.9. The zero-order valence-corrected chi connectivity index (χ0v) is 26.9. The lowest BCUT2D eigenvalue weighted by Crippen LogP contribution is -2.74. The summed E-state index contributed by atoms with van der Waals surface area (Å²) in [5.41, 5.74) is 11.2. The lowest BCUT2D eigenvalue weighted by Gasteiger charge is -2.79. The molecule has 228 valence electrons. The molecule has 46 heavy (non-hydrogen) atoms. The van der Waals surface area contributed by atoms with Gasteiger partial charge in [0, 0.05) is 22.5 Å². The van der Waals surface area contributed by atoms with Gasteiger partial charge in [0.05, 0.1) is 0 Å². The highest BCUT2D eigenvalue weighted by atomic mass is 15.1. The molecule has 0 heterocycles. The van der Waals surface area contributed by atoms with Gasteiger partial charge in [0.25, 0.3) is 0 Å². The third-order valence-electron chi connectivity index (χ3n) is 13.9. The van der Waals surface area contributed by atoms with Crippen LogP contribution >= 0.6 is 0 Å². The largest absolute Gasteiger partial charge is 0.311 e. The van der Waals surface area contributed by atoms with Gasteiger partial charge in [0.1, 0.15) is 0 Å². The van der Waals surface area contributed by atoms with E-state index in [9.17, 15) is 0 Å². The number of nitrogens with zero attached hydrogens (tertiary/aromatic N) is 1. The molecule has 7 aliphatic rings. The highest BCUT2D eigenvalue weighted by molar-refractivity contribution is 5.80. The number of hydrogen-bond acceptors (Lipinski definition) is 1. The standard InChI is InChI=1S/C45H43N/c1-44-28-30-24-40-41-25-31(26-42(40)44)29-45(44,43(41)27-30)36-16-22-39(23-17-36)46(37-18-12-34(13-19-37)32-8-4-2-5-9-32)38-20-14-35(15-21-38)33-10-6-3-7-11-33/h2-23,30-31,40-43H,24-29H2,1H3. The molecule has 0 aliphatic heterocycles. The fourth-order valence-corrected chi connectivity index (χ4v) is 12.3. The highest BCUT2D eigenvalue weighted by Crippen LogP contribution is 2.80. The molecule has 0 amide bonds. The Kier molecular flexibility index (Phi) is 5.85. The van der Waals surface area contributed by atoms with Crippen LogP contribution in [-0.2, 0) is 5.41 Å². The molecule has 8 unspecified atom stereocenters. The van der Waals surface area contributed by atoms with Crippen molar-refractivity contribution in [3.63, 3.8) is 0 Å². The maximum absolute atomic E-state index is 2.74. The van der Waals surface area contributed by atoms with E-state index in [0.29, 0.717) is 10.8 Å². The van der Waals surface area contributed by atoms with E-state index >= 15 is 0 Å². The van der Waals surface area contributed by atoms with Crippen molar-refractivity contribution >= 4 is 17.1 Å². The van der Waals surface area contributed by atoms with Gasteiger partial charge >= 0.3 is 0 Å². The fraction of sp³-hybridized carbons (Fsp3) is 0.333. The molecule has 0 spiro atoms. The van der Waals surface area contributed by atoms with E-state index in [4.69, 9.17) is 0 Å². The normalized spacial score (nSPS) is 33.0. The van der Waals surface area contributed by atoms with Gasteiger partial charge in [-0.2, -0.15) is 0 Å². The summed E-state index contributed by atoms with van der Waals surface area (Å²) in [7, 11) is 0. The molecule has 8 bridgehead atoms. The van der Waals surface area contributed by atoms with Gasteiger partial charge in [-0.15, -0.1) is 0 Å². The van der Waals surface area contributed by atoms with Crippen molar-refractivity contribution in [3.8, 4) is 22.3 Å². The van der Waals surface area contributed by atoms with E-state index in [2.05, 4.69) is 145 Å². The van der Waals surface area contributed by atoms with Crippen LogP contribution in [0.3, 0.4) is 0 Å². The van der Waals surface area contributed by atoms with Gasteiger partial charge < -0.3 is 4.90 Å². The second-order valence-electron chi connectivity index (χ2n) is 15.7. The zero-order valence-electron chi connectivity index (χ0n) is 26.9. The average Bonchev–Trinajstić information content (AvgIpc) is 3.12. The van der Waals surface area contributed by atoms with Gasteiger partial charge in [-0.25, -0.2) is 0 Å². The molecule has 5 aromatic rings. The van der Waals surface area contributed by atoms with Gasteiger partial charge in [-0.05, 0) is 144 Å². The maximum Gasteiger partial charge on any atom is 0.0462 e. The van der Waals surface area contributed by atoms with Crippen molar-refractivity contribution in [2.45, 2.75) is 50.9 Å². The van der Waals surface area contributed by atoms with E-state index in [1.165, 1.54) is 71.4 Å². The smallest absolute Gasteiger partial charge is 0.0462 e. The second-order valence-corrected chi connectivity index (χ2v) is 15.7. The molecule has 0 radical (unpaired) electrons. The summed E-state index contributed by atoms with van der Waals surface area (Å²) in [5.74, 6) is 5.82. The van der Waals surface area contributed by atoms with E-state index in [1.807, 2.05) is 0 Å². The van der Waals surface area contributed by atoms with Crippen molar-refractivity contribution in [3.05, 3.63) is 139 Å². The molecule has 7 saturated carbocycles. The molecule has 1 nitrogen and oxygen atoms in total. The summed E-state index contributed by atoms with van der Waals surface area (Å²) < 4.78 is 0. The summed E-state index contributed by atoms with van der Waals surface area (Å²) in [6, 6.07) is 49.7. The van der Waals surface area contributed by atoms with Crippen LogP contribution in [0.4, 0.5) is 17.1 Å². The predicted octanol–water partition coefficient (Wildman–Crippen LogP) is 11.8. The first kappa shape index (κ1) is 27.1. The van der Waals surface area contributed by atoms with Crippen LogP contribution in [-0.4, -0.2) is 0 Å². The number of hydrogen-bond donors (Lipinski definition) is 0. The molecule has 7 aliphatic carbocycles. The first-order valence-corrected chi connectivity index (χ1v) is 17.8. The van der Waals surface area contributed by atoms with Crippen LogP contribution in [0.25, 0.3) is 22.3 Å². The van der Waals surface area contributed by atoms with Gasteiger partial charge in [0.2, 0.25) is 0 Å². The van der Waals surface area contributed by atoms with Gasteiger partial charge in [-0.3, -0.25) is 0 Å². The van der Waals surface area contributed by atoms with E-state index < -0.39 is 0 Å². The number of rotatable bonds is 6. The summed E-state index contributed by atoms with van der Waals surface area (Å²) in [6.07, 6.45) is 8.99. The SMILES string of the molecule is CC12CC3CC4C5CC(CC41)CC2(c1ccc(N(c2ccc(-c4ccccc4)cc2)c2ccc(-c4ccccc4)cc2)cc1)C5C3. The molecule has 0 saturated heterocycles. The quantitative estimate of drug-likeness (QED) is 0.188. The number of benzene rings is 5. The van der Waals surface area contributed by atoms with Gasteiger partial charge in [-0.1, -0.05) is 104 Å². The maximum atomic E-state index is 2.74. The van der Waals surface area contributed by atoms with Crippen molar-refractivity contribution in [1.82, 2.24) is 0 Å². The van der Waals surface area contributed by atoms with E-state index in [0.717, 1.165) is 35.5 Å². The molecule has 1 heteroatoms. The number of anilines is 3. The van der Waals surface area contributed by atoms with Crippen molar-refractivity contribution in [2.75, 3.05) is 4.90 Å². The topological polar surface area (TPSA) is 3.24 Å². The fourth-order valence-electron chi connectivity index (χ4n) is 12.3. The van der Waals surface area contributed by atoms with Crippen molar-refractivity contribution in [1.29, 1.82) is 0 Å². The van der Waals surface area contributed by atoms with Crippen LogP contribution in [0.5, 0.6) is 0 Å². The van der Waals surface area contributed by atoms with E-state index in [1.54, 1.807) is 12.0 Å². The van der Waals surface area contributed by atoms with Gasteiger partial charge in [0.15, 0.2) is 0 Å². The molecule has 12 rings (SSSR count). The molecular weight excluding hydrogens is 555 g/mol.